The Balaban J connectivity index is 1.34. The number of hydrogen-bond acceptors (Lipinski definition) is 2. The number of hydrogen-bond donors (Lipinski definition) is 1. The van der Waals surface area contributed by atoms with Gasteiger partial charge in [-0.3, -0.25) is 9.69 Å². The second-order valence-corrected chi connectivity index (χ2v) is 8.46. The van der Waals surface area contributed by atoms with Crippen molar-refractivity contribution in [2.75, 3.05) is 19.6 Å². The van der Waals surface area contributed by atoms with Gasteiger partial charge in [0, 0.05) is 24.0 Å². The van der Waals surface area contributed by atoms with Gasteiger partial charge >= 0.3 is 0 Å². The van der Waals surface area contributed by atoms with E-state index in [1.807, 2.05) is 12.1 Å². The Labute approximate surface area is 153 Å². The van der Waals surface area contributed by atoms with E-state index in [0.29, 0.717) is 16.5 Å². The van der Waals surface area contributed by atoms with Crippen molar-refractivity contribution in [3.05, 3.63) is 34.3 Å². The smallest absolute Gasteiger partial charge is 0.223 e. The number of alkyl halides is 1. The van der Waals surface area contributed by atoms with Crippen LogP contribution in [0, 0.1) is 11.8 Å². The Morgan fingerprint density at radius 1 is 1.28 bits per heavy atom. The van der Waals surface area contributed by atoms with Crippen LogP contribution < -0.4 is 5.32 Å². The van der Waals surface area contributed by atoms with Crippen molar-refractivity contribution in [1.29, 1.82) is 0 Å². The first kappa shape index (κ1) is 17.3. The molecule has 0 radical (unpaired) electrons. The SMILES string of the molecule is O=C(NCC1CC1)C1CC(F)(c2ccc(CN3CCCC3)c(Cl)c2)C1. The summed E-state index contributed by atoms with van der Waals surface area (Å²) in [7, 11) is 0. The number of rotatable bonds is 6. The van der Waals surface area contributed by atoms with Gasteiger partial charge in [-0.05, 0) is 74.7 Å². The predicted octanol–water partition coefficient (Wildman–Crippen LogP) is 4.04. The minimum Gasteiger partial charge on any atom is -0.356 e. The molecule has 2 aliphatic carbocycles. The zero-order chi connectivity index (χ0) is 17.4. The Kier molecular flexibility index (Phi) is 4.76. The van der Waals surface area contributed by atoms with Gasteiger partial charge in [0.05, 0.1) is 0 Å². The van der Waals surface area contributed by atoms with Crippen molar-refractivity contribution in [1.82, 2.24) is 10.2 Å². The molecule has 0 unspecified atom stereocenters. The molecule has 0 aromatic heterocycles. The van der Waals surface area contributed by atoms with E-state index in [0.717, 1.165) is 31.7 Å². The van der Waals surface area contributed by atoms with E-state index in [9.17, 15) is 4.79 Å². The Hall–Kier alpha value is -1.13. The summed E-state index contributed by atoms with van der Waals surface area (Å²) in [5, 5.41) is 3.60. The molecule has 1 aliphatic heterocycles. The highest BCUT2D eigenvalue weighted by molar-refractivity contribution is 6.31. The fourth-order valence-corrected chi connectivity index (χ4v) is 4.23. The third kappa shape index (κ3) is 3.85. The van der Waals surface area contributed by atoms with Gasteiger partial charge in [0.25, 0.3) is 0 Å². The summed E-state index contributed by atoms with van der Waals surface area (Å²) in [5.41, 5.74) is 0.278. The maximum Gasteiger partial charge on any atom is 0.223 e. The monoisotopic (exact) mass is 364 g/mol. The van der Waals surface area contributed by atoms with Crippen molar-refractivity contribution in [2.24, 2.45) is 11.8 Å². The largest absolute Gasteiger partial charge is 0.356 e. The van der Waals surface area contributed by atoms with Crippen LogP contribution in [0.5, 0.6) is 0 Å². The van der Waals surface area contributed by atoms with Gasteiger partial charge < -0.3 is 5.32 Å². The summed E-state index contributed by atoms with van der Waals surface area (Å²) in [6.45, 7) is 3.82. The summed E-state index contributed by atoms with van der Waals surface area (Å²) in [6.07, 6.45) is 5.44. The standard InChI is InChI=1S/C20H26ClFN2O/c21-18-9-17(6-5-15(18)13-24-7-1-2-8-24)20(22)10-16(11-20)19(25)23-12-14-3-4-14/h5-6,9,14,16H,1-4,7-8,10-13H2,(H,23,25). The van der Waals surface area contributed by atoms with Crippen LogP contribution in [-0.2, 0) is 17.0 Å². The molecule has 1 aromatic carbocycles. The molecule has 1 amide bonds. The van der Waals surface area contributed by atoms with Gasteiger partial charge in [-0.1, -0.05) is 23.7 Å². The Bertz CT molecular complexity index is 649. The first-order valence-corrected chi connectivity index (χ1v) is 9.89. The number of nitrogens with one attached hydrogen (secondary N) is 1. The van der Waals surface area contributed by atoms with E-state index < -0.39 is 5.67 Å². The maximum atomic E-state index is 15.1. The lowest BCUT2D eigenvalue weighted by molar-refractivity contribution is -0.134. The normalized spacial score (nSPS) is 29.4. The molecule has 25 heavy (non-hydrogen) atoms. The average molecular weight is 365 g/mol. The number of amides is 1. The van der Waals surface area contributed by atoms with Crippen molar-refractivity contribution in [3.63, 3.8) is 0 Å². The lowest BCUT2D eigenvalue weighted by atomic mass is 9.68. The fourth-order valence-electron chi connectivity index (χ4n) is 3.99. The quantitative estimate of drug-likeness (QED) is 0.826. The van der Waals surface area contributed by atoms with Gasteiger partial charge in [0.1, 0.15) is 5.67 Å². The molecule has 1 N–H and O–H groups in total. The summed E-state index contributed by atoms with van der Waals surface area (Å²) in [4.78, 5) is 14.5. The summed E-state index contributed by atoms with van der Waals surface area (Å²) in [6, 6.07) is 5.58. The first-order valence-electron chi connectivity index (χ1n) is 9.51. The molecular weight excluding hydrogens is 339 g/mol. The number of halogens is 2. The molecule has 2 saturated carbocycles. The molecule has 0 atom stereocenters. The van der Waals surface area contributed by atoms with Crippen LogP contribution in [0.3, 0.4) is 0 Å². The first-order chi connectivity index (χ1) is 12.0. The van der Waals surface area contributed by atoms with Crippen LogP contribution in [0.1, 0.15) is 49.7 Å². The summed E-state index contributed by atoms with van der Waals surface area (Å²) in [5.74, 6) is 0.463. The second-order valence-electron chi connectivity index (χ2n) is 8.05. The summed E-state index contributed by atoms with van der Waals surface area (Å²) < 4.78 is 15.1. The van der Waals surface area contributed by atoms with Crippen LogP contribution >= 0.6 is 11.6 Å². The second kappa shape index (κ2) is 6.88. The third-order valence-electron chi connectivity index (χ3n) is 5.94. The van der Waals surface area contributed by atoms with Crippen LogP contribution in [0.2, 0.25) is 5.02 Å². The molecule has 1 aromatic rings. The number of likely N-dealkylation sites (tertiary alicyclic amines) is 1. The van der Waals surface area contributed by atoms with E-state index in [-0.39, 0.29) is 24.7 Å². The van der Waals surface area contributed by atoms with Gasteiger partial charge in [0.2, 0.25) is 5.91 Å². The van der Waals surface area contributed by atoms with Crippen molar-refractivity contribution in [3.8, 4) is 0 Å². The molecule has 4 rings (SSSR count). The molecule has 5 heteroatoms. The van der Waals surface area contributed by atoms with Crippen molar-refractivity contribution >= 4 is 17.5 Å². The van der Waals surface area contributed by atoms with E-state index in [1.165, 1.54) is 25.7 Å². The minimum absolute atomic E-state index is 0.0110. The fraction of sp³-hybridized carbons (Fsp3) is 0.650. The zero-order valence-corrected chi connectivity index (χ0v) is 15.3. The van der Waals surface area contributed by atoms with Gasteiger partial charge in [0.15, 0.2) is 0 Å². The highest BCUT2D eigenvalue weighted by Gasteiger charge is 2.49. The molecule has 0 bridgehead atoms. The van der Waals surface area contributed by atoms with Gasteiger partial charge in [-0.25, -0.2) is 4.39 Å². The number of benzene rings is 1. The van der Waals surface area contributed by atoms with E-state index in [2.05, 4.69) is 10.2 Å². The van der Waals surface area contributed by atoms with Crippen molar-refractivity contribution in [2.45, 2.75) is 50.7 Å². The zero-order valence-electron chi connectivity index (χ0n) is 14.6. The number of carbonyl (C=O) groups excluding carboxylic acids is 1. The molecule has 136 valence electrons. The van der Waals surface area contributed by atoms with E-state index in [1.54, 1.807) is 6.07 Å². The molecule has 3 aliphatic rings. The van der Waals surface area contributed by atoms with Crippen LogP contribution in [0.4, 0.5) is 4.39 Å². The Morgan fingerprint density at radius 3 is 2.64 bits per heavy atom. The third-order valence-corrected chi connectivity index (χ3v) is 6.29. The lowest BCUT2D eigenvalue weighted by Crippen LogP contribution is -2.46. The average Bonchev–Trinajstić information content (AvgIpc) is 3.26. The molecule has 3 fully saturated rings. The van der Waals surface area contributed by atoms with Gasteiger partial charge in [-0.15, -0.1) is 0 Å². The number of carbonyl (C=O) groups is 1. The maximum absolute atomic E-state index is 15.1. The van der Waals surface area contributed by atoms with E-state index >= 15 is 4.39 Å². The molecular formula is C20H26ClFN2O. The Morgan fingerprint density at radius 2 is 2.00 bits per heavy atom. The number of nitrogens with zero attached hydrogens (tertiary/aromatic N) is 1. The molecule has 1 saturated heterocycles. The lowest BCUT2D eigenvalue weighted by Gasteiger charge is -2.41. The van der Waals surface area contributed by atoms with Crippen LogP contribution in [-0.4, -0.2) is 30.4 Å². The molecule has 1 heterocycles. The van der Waals surface area contributed by atoms with Crippen LogP contribution in [0.25, 0.3) is 0 Å². The van der Waals surface area contributed by atoms with E-state index in [4.69, 9.17) is 11.6 Å². The van der Waals surface area contributed by atoms with Crippen LogP contribution in [0.15, 0.2) is 18.2 Å². The van der Waals surface area contributed by atoms with Crippen molar-refractivity contribution < 1.29 is 9.18 Å². The topological polar surface area (TPSA) is 32.3 Å². The molecule has 3 nitrogen and oxygen atoms in total. The van der Waals surface area contributed by atoms with Gasteiger partial charge in [-0.2, -0.15) is 0 Å². The highest BCUT2D eigenvalue weighted by Crippen LogP contribution is 2.49. The highest BCUT2D eigenvalue weighted by atomic mass is 35.5. The molecule has 0 spiro atoms. The minimum atomic E-state index is -1.41. The predicted molar refractivity (Wildman–Crippen MR) is 97.2 cm³/mol. The summed E-state index contributed by atoms with van der Waals surface area (Å²) >= 11 is 6.41.